The number of carboxylic acids is 2. The minimum Gasteiger partial charge on any atom is -0.481 e. The Kier molecular flexibility index (Phi) is 18.2. The maximum absolute atomic E-state index is 9.90. The van der Waals surface area contributed by atoms with Gasteiger partial charge in [0.2, 0.25) is 0 Å². The van der Waals surface area contributed by atoms with Crippen LogP contribution in [0.5, 0.6) is 0 Å². The molecule has 10 heteroatoms. The van der Waals surface area contributed by atoms with E-state index in [2.05, 4.69) is 0 Å². The summed E-state index contributed by atoms with van der Waals surface area (Å²) in [5, 5.41) is 58.9. The highest BCUT2D eigenvalue weighted by molar-refractivity contribution is 5.66. The van der Waals surface area contributed by atoms with Crippen LogP contribution in [0.15, 0.2) is 0 Å². The Morgan fingerprint density at radius 1 is 1.05 bits per heavy atom. The smallest absolute Gasteiger partial charge is 0.303 e. The number of carbonyl (C=O) groups excluding carboxylic acids is 1. The lowest BCUT2D eigenvalue weighted by Crippen LogP contribution is -2.46. The maximum atomic E-state index is 9.90. The maximum Gasteiger partial charge on any atom is 0.303 e. The molecule has 0 saturated carbocycles. The van der Waals surface area contributed by atoms with Crippen LogP contribution in [-0.2, 0) is 14.4 Å². The molecular weight excluding hydrogens is 304 g/mol. The molecule has 0 bridgehead atoms. The van der Waals surface area contributed by atoms with Gasteiger partial charge in [-0.05, 0) is 6.42 Å². The predicted octanol–water partition coefficient (Wildman–Crippen LogP) is -2.42. The molecule has 0 spiro atoms. The Balaban J connectivity index is -0.000000300. The van der Waals surface area contributed by atoms with Crippen LogP contribution in [-0.4, -0.2) is 85.0 Å². The van der Waals surface area contributed by atoms with Crippen LogP contribution in [0, 0.1) is 0 Å². The van der Waals surface area contributed by atoms with Gasteiger partial charge in [-0.2, -0.15) is 0 Å². The molecule has 10 nitrogen and oxygen atoms in total. The van der Waals surface area contributed by atoms with Gasteiger partial charge in [0.05, 0.1) is 6.61 Å². The van der Waals surface area contributed by atoms with Crippen LogP contribution in [0.4, 0.5) is 0 Å². The summed E-state index contributed by atoms with van der Waals surface area (Å²) in [6, 6.07) is 0. The van der Waals surface area contributed by atoms with Crippen molar-refractivity contribution in [3.63, 3.8) is 0 Å². The zero-order valence-electron chi connectivity index (χ0n) is 12.4. The van der Waals surface area contributed by atoms with Gasteiger partial charge in [0, 0.05) is 13.3 Å². The van der Waals surface area contributed by atoms with Gasteiger partial charge >= 0.3 is 5.97 Å². The molecule has 4 atom stereocenters. The first-order valence-corrected chi connectivity index (χ1v) is 6.24. The molecule has 0 aromatic carbocycles. The zero-order chi connectivity index (χ0) is 18.3. The summed E-state index contributed by atoms with van der Waals surface area (Å²) in [5.74, 6) is -1.54. The lowest BCUT2D eigenvalue weighted by Gasteiger charge is -2.22. The van der Waals surface area contributed by atoms with E-state index in [0.29, 0.717) is 6.42 Å². The highest BCUT2D eigenvalue weighted by Crippen LogP contribution is 2.02. The van der Waals surface area contributed by atoms with Crippen LogP contribution in [0.3, 0.4) is 0 Å². The summed E-state index contributed by atoms with van der Waals surface area (Å²) in [5.41, 5.74) is 0. The van der Waals surface area contributed by atoms with Crippen LogP contribution < -0.4 is 0 Å². The SMILES string of the molecule is CC(=O)O.CCCC(=O)O.O=C[C@H](O)[C@@H](O)[C@H](O)[C@H](O)CO. The molecule has 132 valence electrons. The van der Waals surface area contributed by atoms with Crippen molar-refractivity contribution in [2.75, 3.05) is 6.61 Å². The number of aliphatic hydroxyl groups is 5. The number of aldehydes is 1. The van der Waals surface area contributed by atoms with E-state index < -0.39 is 43.0 Å². The molecule has 0 amide bonds. The number of carbonyl (C=O) groups is 3. The fraction of sp³-hybridized carbons (Fsp3) is 0.750. The van der Waals surface area contributed by atoms with Crippen LogP contribution in [0.2, 0.25) is 0 Å². The van der Waals surface area contributed by atoms with Gasteiger partial charge in [0.15, 0.2) is 6.29 Å². The molecule has 0 aliphatic rings. The Hall–Kier alpha value is -1.59. The van der Waals surface area contributed by atoms with Crippen LogP contribution in [0.1, 0.15) is 26.7 Å². The van der Waals surface area contributed by atoms with Gasteiger partial charge in [0.25, 0.3) is 5.97 Å². The van der Waals surface area contributed by atoms with Gasteiger partial charge in [-0.15, -0.1) is 0 Å². The molecule has 0 heterocycles. The van der Waals surface area contributed by atoms with E-state index >= 15 is 0 Å². The Labute approximate surface area is 127 Å². The van der Waals surface area contributed by atoms with Crippen molar-refractivity contribution in [3.8, 4) is 0 Å². The summed E-state index contributed by atoms with van der Waals surface area (Å²) < 4.78 is 0. The van der Waals surface area contributed by atoms with Crippen molar-refractivity contribution >= 4 is 18.2 Å². The molecule has 0 aliphatic heterocycles. The molecule has 0 fully saturated rings. The number of hydrogen-bond acceptors (Lipinski definition) is 8. The van der Waals surface area contributed by atoms with Crippen molar-refractivity contribution in [3.05, 3.63) is 0 Å². The Bertz CT molecular complexity index is 302. The number of hydrogen-bond donors (Lipinski definition) is 7. The van der Waals surface area contributed by atoms with E-state index in [1.807, 2.05) is 6.92 Å². The van der Waals surface area contributed by atoms with Gasteiger partial charge in [-0.25, -0.2) is 0 Å². The van der Waals surface area contributed by atoms with Crippen LogP contribution in [0.25, 0.3) is 0 Å². The topological polar surface area (TPSA) is 193 Å². The first kappa shape index (κ1) is 25.4. The van der Waals surface area contributed by atoms with E-state index in [-0.39, 0.29) is 6.29 Å². The van der Waals surface area contributed by atoms with E-state index in [1.54, 1.807) is 0 Å². The fourth-order valence-corrected chi connectivity index (χ4v) is 0.832. The van der Waals surface area contributed by atoms with Crippen molar-refractivity contribution in [2.45, 2.75) is 51.1 Å². The average Bonchev–Trinajstić information content (AvgIpc) is 2.43. The molecule has 0 rings (SSSR count). The summed E-state index contributed by atoms with van der Waals surface area (Å²) in [4.78, 5) is 28.5. The standard InChI is InChI=1S/C6H12O6.C4H8O2.C2H4O2/c7-1-3(9)5(11)6(12)4(10)2-8;1-2-3-4(5)6;1-2(3)4/h1,3-6,8-12H,2H2;2-3H2,1H3,(H,5,6);1H3,(H,3,4)/t3-,4+,5+,6+;;/m0../s1. The third kappa shape index (κ3) is 18.4. The molecule has 0 unspecified atom stereocenters. The fourth-order valence-electron chi connectivity index (χ4n) is 0.832. The predicted molar refractivity (Wildman–Crippen MR) is 73.0 cm³/mol. The minimum absolute atomic E-state index is 0.0258. The lowest BCUT2D eigenvalue weighted by molar-refractivity contribution is -0.137. The van der Waals surface area contributed by atoms with Crippen molar-refractivity contribution in [2.24, 2.45) is 0 Å². The van der Waals surface area contributed by atoms with E-state index in [4.69, 9.17) is 40.5 Å². The first-order chi connectivity index (χ1) is 10.0. The molecule has 0 radical (unpaired) electrons. The second-order valence-corrected chi connectivity index (χ2v) is 4.02. The number of aliphatic hydroxyl groups excluding tert-OH is 5. The van der Waals surface area contributed by atoms with Crippen LogP contribution >= 0.6 is 0 Å². The molecule has 0 aromatic rings. The minimum atomic E-state index is -1.79. The molecule has 0 aliphatic carbocycles. The number of carboxylic acid groups (broad SMARTS) is 2. The van der Waals surface area contributed by atoms with E-state index in [1.165, 1.54) is 0 Å². The van der Waals surface area contributed by atoms with Gasteiger partial charge in [-0.3, -0.25) is 9.59 Å². The monoisotopic (exact) mass is 328 g/mol. The van der Waals surface area contributed by atoms with Gasteiger partial charge in [-0.1, -0.05) is 6.92 Å². The van der Waals surface area contributed by atoms with Crippen molar-refractivity contribution in [1.82, 2.24) is 0 Å². The third-order valence-electron chi connectivity index (χ3n) is 1.88. The first-order valence-electron chi connectivity index (χ1n) is 6.24. The second-order valence-electron chi connectivity index (χ2n) is 4.02. The average molecular weight is 328 g/mol. The number of rotatable bonds is 7. The Morgan fingerprint density at radius 2 is 1.45 bits per heavy atom. The van der Waals surface area contributed by atoms with Crippen molar-refractivity contribution in [1.29, 1.82) is 0 Å². The summed E-state index contributed by atoms with van der Waals surface area (Å²) in [6.45, 7) is 2.16. The van der Waals surface area contributed by atoms with E-state index in [0.717, 1.165) is 13.3 Å². The quantitative estimate of drug-likeness (QED) is 0.247. The highest BCUT2D eigenvalue weighted by atomic mass is 16.4. The summed E-state index contributed by atoms with van der Waals surface area (Å²) in [6.07, 6.45) is -5.82. The zero-order valence-corrected chi connectivity index (χ0v) is 12.4. The lowest BCUT2D eigenvalue weighted by atomic mass is 10.0. The number of aliphatic carboxylic acids is 2. The molecule has 22 heavy (non-hydrogen) atoms. The second kappa shape index (κ2) is 15.8. The molecule has 0 saturated heterocycles. The molecule has 0 aromatic heterocycles. The Morgan fingerprint density at radius 3 is 1.64 bits per heavy atom. The third-order valence-corrected chi connectivity index (χ3v) is 1.88. The summed E-state index contributed by atoms with van der Waals surface area (Å²) in [7, 11) is 0. The van der Waals surface area contributed by atoms with Gasteiger partial charge < -0.3 is 40.5 Å². The largest absolute Gasteiger partial charge is 0.481 e. The van der Waals surface area contributed by atoms with E-state index in [9.17, 15) is 9.59 Å². The highest BCUT2D eigenvalue weighted by Gasteiger charge is 2.29. The summed E-state index contributed by atoms with van der Waals surface area (Å²) >= 11 is 0. The van der Waals surface area contributed by atoms with Crippen molar-refractivity contribution < 1.29 is 50.1 Å². The molecule has 7 N–H and O–H groups in total. The normalized spacial score (nSPS) is 14.9. The van der Waals surface area contributed by atoms with Gasteiger partial charge in [0.1, 0.15) is 24.4 Å². The molecular formula is C12H24O10.